The molecule has 0 aromatic heterocycles. The highest BCUT2D eigenvalue weighted by molar-refractivity contribution is 7.47. The van der Waals surface area contributed by atoms with E-state index in [0.29, 0.717) is 25.7 Å². The van der Waals surface area contributed by atoms with Gasteiger partial charge in [0, 0.05) is 25.7 Å². The number of allylic oxidation sites excluding steroid dienone is 14. The molecule has 0 saturated carbocycles. The molecule has 0 aromatic carbocycles. The molecule has 3 N–H and O–H groups in total. The highest BCUT2D eigenvalue weighted by atomic mass is 31.2. The Balaban J connectivity index is 5.33. The Morgan fingerprint density at radius 2 is 0.562 bits per heavy atom. The van der Waals surface area contributed by atoms with Crippen LogP contribution in [-0.2, 0) is 65.4 Å². The Labute approximate surface area is 583 Å². The van der Waals surface area contributed by atoms with Crippen LogP contribution in [0.1, 0.15) is 323 Å². The molecule has 0 bridgehead atoms. The van der Waals surface area contributed by atoms with Crippen molar-refractivity contribution < 1.29 is 80.2 Å². The van der Waals surface area contributed by atoms with E-state index in [-0.39, 0.29) is 25.7 Å². The van der Waals surface area contributed by atoms with Crippen LogP contribution in [0.25, 0.3) is 0 Å². The molecule has 0 saturated heterocycles. The number of hydrogen-bond donors (Lipinski definition) is 3. The molecule has 0 aliphatic heterocycles. The minimum absolute atomic E-state index is 0.0720. The first-order valence-electron chi connectivity index (χ1n) is 37.8. The first kappa shape index (κ1) is 92.2. The Morgan fingerprint density at radius 3 is 0.885 bits per heavy atom. The van der Waals surface area contributed by atoms with Crippen LogP contribution >= 0.6 is 15.6 Å². The first-order chi connectivity index (χ1) is 46.7. The van der Waals surface area contributed by atoms with Crippen LogP contribution in [0, 0.1) is 0 Å². The lowest BCUT2D eigenvalue weighted by Gasteiger charge is -2.21. The van der Waals surface area contributed by atoms with Crippen molar-refractivity contribution in [2.24, 2.45) is 0 Å². The number of phosphoric acid groups is 2. The molecule has 5 atom stereocenters. The van der Waals surface area contributed by atoms with Gasteiger partial charge in [-0.3, -0.25) is 37.3 Å². The highest BCUT2D eigenvalue weighted by Gasteiger charge is 2.30. The normalized spacial score (nSPS) is 14.4. The quantitative estimate of drug-likeness (QED) is 0.0169. The van der Waals surface area contributed by atoms with Crippen LogP contribution in [-0.4, -0.2) is 96.7 Å². The lowest BCUT2D eigenvalue weighted by atomic mass is 10.0. The summed E-state index contributed by atoms with van der Waals surface area (Å²) in [6.45, 7) is 4.66. The number of aliphatic hydroxyl groups excluding tert-OH is 1. The van der Waals surface area contributed by atoms with Crippen LogP contribution in [0.3, 0.4) is 0 Å². The topological polar surface area (TPSA) is 237 Å². The second-order valence-corrected chi connectivity index (χ2v) is 28.1. The van der Waals surface area contributed by atoms with Crippen molar-refractivity contribution >= 4 is 39.5 Å². The molecule has 96 heavy (non-hydrogen) atoms. The molecular formula is C77H136O17P2. The number of aliphatic hydroxyl groups is 1. The van der Waals surface area contributed by atoms with Gasteiger partial charge in [-0.05, 0) is 96.3 Å². The molecule has 0 fully saturated rings. The number of hydrogen-bond acceptors (Lipinski definition) is 15. The average Bonchev–Trinajstić information content (AvgIpc) is 1.17. The van der Waals surface area contributed by atoms with E-state index in [9.17, 15) is 43.2 Å². The number of ether oxygens (including phenoxy) is 4. The van der Waals surface area contributed by atoms with Gasteiger partial charge in [0.25, 0.3) is 0 Å². The summed E-state index contributed by atoms with van der Waals surface area (Å²) in [5.41, 5.74) is 0. The molecule has 556 valence electrons. The standard InChI is InChI=1S/C77H136O17P2/c1-5-9-13-17-21-25-29-32-33-34-35-36-37-40-43-46-50-54-58-62-75(80)88-68-73(94-77(82)64-60-56-52-48-44-39-31-27-23-19-15-11-7-3)70-92-96(85,86)90-66-71(78)65-89-95(83,84)91-69-72(93-76(81)63-59-55-51-47-41-28-24-20-16-12-8-4)67-87-74(79)61-57-53-49-45-42-38-30-26-22-18-14-10-6-2/h9,13,15,19,21,25,27,31-33,35-36,40,43,71-73,78H,5-8,10-12,14,16-18,20,22-24,26,28-30,34,37-39,41-42,44-70H2,1-4H3,(H,83,84)(H,85,86)/b13-9-,19-15-,25-21-,31-27-,33-32-,36-35-,43-40-. The molecular weight excluding hydrogens is 1260 g/mol. The number of phosphoric ester groups is 2. The van der Waals surface area contributed by atoms with Crippen molar-refractivity contribution in [2.45, 2.75) is 341 Å². The fourth-order valence-electron chi connectivity index (χ4n) is 10.1. The van der Waals surface area contributed by atoms with E-state index in [1.165, 1.54) is 96.3 Å². The Morgan fingerprint density at radius 1 is 0.302 bits per heavy atom. The summed E-state index contributed by atoms with van der Waals surface area (Å²) in [5, 5.41) is 10.6. The summed E-state index contributed by atoms with van der Waals surface area (Å²) < 4.78 is 68.4. The van der Waals surface area contributed by atoms with E-state index >= 15 is 0 Å². The minimum Gasteiger partial charge on any atom is -0.462 e. The van der Waals surface area contributed by atoms with Crippen molar-refractivity contribution in [1.29, 1.82) is 0 Å². The summed E-state index contributed by atoms with van der Waals surface area (Å²) in [4.78, 5) is 72.7. The van der Waals surface area contributed by atoms with E-state index in [0.717, 1.165) is 148 Å². The summed E-state index contributed by atoms with van der Waals surface area (Å²) in [7, 11) is -9.94. The number of carbonyl (C=O) groups excluding carboxylic acids is 4. The maximum absolute atomic E-state index is 13.1. The van der Waals surface area contributed by atoms with E-state index in [4.69, 9.17) is 37.0 Å². The third kappa shape index (κ3) is 68.8. The first-order valence-corrected chi connectivity index (χ1v) is 40.8. The SMILES string of the molecule is CC/C=C\C/C=C\C/C=C\C/C=C\C/C=C\CCCCCC(=O)OCC(COP(=O)(O)OCC(O)COP(=O)(O)OCC(COC(=O)CCCCCCCCCCCCCCC)OC(=O)CCCCCCCCCCCCC)OC(=O)CCCCCCC/C=C\C/C=C\CCC. The van der Waals surface area contributed by atoms with Crippen molar-refractivity contribution in [1.82, 2.24) is 0 Å². The van der Waals surface area contributed by atoms with Crippen molar-refractivity contribution in [2.75, 3.05) is 39.6 Å². The number of esters is 4. The molecule has 19 heteroatoms. The van der Waals surface area contributed by atoms with Crippen LogP contribution in [0.2, 0.25) is 0 Å². The van der Waals surface area contributed by atoms with Gasteiger partial charge in [0.15, 0.2) is 12.2 Å². The van der Waals surface area contributed by atoms with E-state index in [1.54, 1.807) is 0 Å². The molecule has 0 amide bonds. The molecule has 0 heterocycles. The Kier molecular flexibility index (Phi) is 67.0. The Bertz CT molecular complexity index is 2160. The second-order valence-electron chi connectivity index (χ2n) is 25.2. The van der Waals surface area contributed by atoms with Gasteiger partial charge in [-0.15, -0.1) is 0 Å². The van der Waals surface area contributed by atoms with Gasteiger partial charge in [-0.25, -0.2) is 9.13 Å². The summed E-state index contributed by atoms with van der Waals surface area (Å²) in [6, 6.07) is 0. The van der Waals surface area contributed by atoms with E-state index in [2.05, 4.69) is 113 Å². The van der Waals surface area contributed by atoms with Gasteiger partial charge in [0.05, 0.1) is 26.4 Å². The fourth-order valence-corrected chi connectivity index (χ4v) is 11.7. The zero-order valence-electron chi connectivity index (χ0n) is 60.5. The number of unbranched alkanes of at least 4 members (excludes halogenated alkanes) is 31. The number of rotatable bonds is 71. The third-order valence-corrected chi connectivity index (χ3v) is 17.8. The largest absolute Gasteiger partial charge is 0.472 e. The average molecular weight is 1400 g/mol. The van der Waals surface area contributed by atoms with Crippen molar-refractivity contribution in [3.8, 4) is 0 Å². The van der Waals surface area contributed by atoms with Gasteiger partial charge in [0.2, 0.25) is 0 Å². The van der Waals surface area contributed by atoms with Gasteiger partial charge >= 0.3 is 39.5 Å². The van der Waals surface area contributed by atoms with Crippen molar-refractivity contribution in [3.63, 3.8) is 0 Å². The lowest BCUT2D eigenvalue weighted by Crippen LogP contribution is -2.30. The molecule has 0 aromatic rings. The highest BCUT2D eigenvalue weighted by Crippen LogP contribution is 2.45. The zero-order valence-corrected chi connectivity index (χ0v) is 62.3. The third-order valence-electron chi connectivity index (χ3n) is 15.9. The molecule has 0 rings (SSSR count). The maximum Gasteiger partial charge on any atom is 0.472 e. The second kappa shape index (κ2) is 69.7. The fraction of sp³-hybridized carbons (Fsp3) is 0.766. The monoisotopic (exact) mass is 1390 g/mol. The molecule has 17 nitrogen and oxygen atoms in total. The summed E-state index contributed by atoms with van der Waals surface area (Å²) in [5.74, 6) is -2.21. The Hall–Kier alpha value is -3.76. The molecule has 0 spiro atoms. The van der Waals surface area contributed by atoms with Gasteiger partial charge in [-0.1, -0.05) is 286 Å². The van der Waals surface area contributed by atoms with Crippen LogP contribution in [0.5, 0.6) is 0 Å². The molecule has 0 aliphatic rings. The van der Waals surface area contributed by atoms with E-state index in [1.807, 2.05) is 0 Å². The lowest BCUT2D eigenvalue weighted by molar-refractivity contribution is -0.161. The van der Waals surface area contributed by atoms with E-state index < -0.39 is 97.5 Å². The maximum atomic E-state index is 13.1. The summed E-state index contributed by atoms with van der Waals surface area (Å²) in [6.07, 6.45) is 70.1. The molecule has 5 unspecified atom stereocenters. The zero-order chi connectivity index (χ0) is 70.4. The molecule has 0 radical (unpaired) electrons. The minimum atomic E-state index is -4.98. The predicted molar refractivity (Wildman–Crippen MR) is 390 cm³/mol. The van der Waals surface area contributed by atoms with Crippen LogP contribution in [0.15, 0.2) is 85.1 Å². The van der Waals surface area contributed by atoms with Crippen LogP contribution in [0.4, 0.5) is 0 Å². The van der Waals surface area contributed by atoms with Crippen molar-refractivity contribution in [3.05, 3.63) is 85.1 Å². The molecule has 0 aliphatic carbocycles. The van der Waals surface area contributed by atoms with Crippen LogP contribution < -0.4 is 0 Å². The summed E-state index contributed by atoms with van der Waals surface area (Å²) >= 11 is 0. The van der Waals surface area contributed by atoms with Gasteiger partial charge in [0.1, 0.15) is 19.3 Å². The van der Waals surface area contributed by atoms with Gasteiger partial charge in [-0.2, -0.15) is 0 Å². The van der Waals surface area contributed by atoms with Gasteiger partial charge < -0.3 is 33.8 Å². The number of carbonyl (C=O) groups is 4. The smallest absolute Gasteiger partial charge is 0.462 e. The predicted octanol–water partition coefficient (Wildman–Crippen LogP) is 21.4.